The van der Waals surface area contributed by atoms with Crippen LogP contribution in [-0.2, 0) is 0 Å². The minimum absolute atomic E-state index is 0.376. The van der Waals surface area contributed by atoms with Gasteiger partial charge in [-0.05, 0) is 60.0 Å². The average molecular weight is 185 g/mol. The average Bonchev–Trinajstić information content (AvgIpc) is 2.09. The standard InChI is InChI=1S/C10H23N3/c1-12(2)10(4-7-11)5-8-13(3)9-6-10/h4-9,11H2,1-3H3. The topological polar surface area (TPSA) is 32.5 Å². The summed E-state index contributed by atoms with van der Waals surface area (Å²) in [6.07, 6.45) is 3.65. The molecule has 1 heterocycles. The summed E-state index contributed by atoms with van der Waals surface area (Å²) in [4.78, 5) is 4.77. The van der Waals surface area contributed by atoms with Gasteiger partial charge >= 0.3 is 0 Å². The highest BCUT2D eigenvalue weighted by atomic mass is 15.2. The van der Waals surface area contributed by atoms with E-state index in [9.17, 15) is 0 Å². The Morgan fingerprint density at radius 2 is 1.85 bits per heavy atom. The lowest BCUT2D eigenvalue weighted by atomic mass is 9.83. The first kappa shape index (κ1) is 11.0. The van der Waals surface area contributed by atoms with Gasteiger partial charge in [0.25, 0.3) is 0 Å². The Labute approximate surface area is 81.9 Å². The van der Waals surface area contributed by atoms with Crippen LogP contribution in [0, 0.1) is 0 Å². The van der Waals surface area contributed by atoms with Crippen molar-refractivity contribution in [2.45, 2.75) is 24.8 Å². The maximum Gasteiger partial charge on any atom is 0.0239 e. The van der Waals surface area contributed by atoms with Crippen LogP contribution in [0.1, 0.15) is 19.3 Å². The first-order valence-electron chi connectivity index (χ1n) is 5.17. The molecule has 0 unspecified atom stereocenters. The largest absolute Gasteiger partial charge is 0.330 e. The minimum Gasteiger partial charge on any atom is -0.330 e. The van der Waals surface area contributed by atoms with Gasteiger partial charge < -0.3 is 15.5 Å². The SMILES string of the molecule is CN1CCC(CCN)(N(C)C)CC1. The lowest BCUT2D eigenvalue weighted by Crippen LogP contribution is -2.52. The Morgan fingerprint density at radius 1 is 1.31 bits per heavy atom. The minimum atomic E-state index is 0.376. The monoisotopic (exact) mass is 185 g/mol. The number of rotatable bonds is 3. The van der Waals surface area contributed by atoms with Gasteiger partial charge in [0.05, 0.1) is 0 Å². The summed E-state index contributed by atoms with van der Waals surface area (Å²) in [5.74, 6) is 0. The summed E-state index contributed by atoms with van der Waals surface area (Å²) in [7, 11) is 6.56. The predicted octanol–water partition coefficient (Wildman–Crippen LogP) is 0.361. The van der Waals surface area contributed by atoms with Crippen LogP contribution in [0.3, 0.4) is 0 Å². The molecule has 0 aromatic carbocycles. The first-order chi connectivity index (χ1) is 6.10. The summed E-state index contributed by atoms with van der Waals surface area (Å²) in [5.41, 5.74) is 6.05. The van der Waals surface area contributed by atoms with Crippen LogP contribution in [0.2, 0.25) is 0 Å². The van der Waals surface area contributed by atoms with Gasteiger partial charge in [-0.15, -0.1) is 0 Å². The van der Waals surface area contributed by atoms with E-state index in [4.69, 9.17) is 5.73 Å². The quantitative estimate of drug-likeness (QED) is 0.689. The lowest BCUT2D eigenvalue weighted by molar-refractivity contribution is 0.0609. The Kier molecular flexibility index (Phi) is 3.71. The molecule has 0 bridgehead atoms. The number of likely N-dealkylation sites (tertiary alicyclic amines) is 1. The fourth-order valence-electron chi connectivity index (χ4n) is 2.22. The fraction of sp³-hybridized carbons (Fsp3) is 1.00. The van der Waals surface area contributed by atoms with Crippen LogP contribution in [0.25, 0.3) is 0 Å². The molecule has 1 rings (SSSR count). The van der Waals surface area contributed by atoms with E-state index in [1.165, 1.54) is 25.9 Å². The van der Waals surface area contributed by atoms with E-state index < -0.39 is 0 Å². The zero-order valence-electron chi connectivity index (χ0n) is 9.21. The van der Waals surface area contributed by atoms with Crippen LogP contribution < -0.4 is 5.73 Å². The third-order valence-corrected chi connectivity index (χ3v) is 3.48. The Hall–Kier alpha value is -0.120. The molecule has 0 saturated carbocycles. The second-order valence-corrected chi connectivity index (χ2v) is 4.46. The molecule has 0 aromatic rings. The number of nitrogens with two attached hydrogens (primary N) is 1. The highest BCUT2D eigenvalue weighted by Gasteiger charge is 2.34. The second kappa shape index (κ2) is 4.40. The Balaban J connectivity index is 2.58. The van der Waals surface area contributed by atoms with E-state index >= 15 is 0 Å². The van der Waals surface area contributed by atoms with Gasteiger partial charge in [0.1, 0.15) is 0 Å². The molecule has 0 aliphatic carbocycles. The maximum absolute atomic E-state index is 5.68. The number of piperidine rings is 1. The van der Waals surface area contributed by atoms with E-state index in [1.54, 1.807) is 0 Å². The molecule has 78 valence electrons. The molecule has 0 spiro atoms. The fourth-order valence-corrected chi connectivity index (χ4v) is 2.22. The van der Waals surface area contributed by atoms with E-state index in [-0.39, 0.29) is 0 Å². The van der Waals surface area contributed by atoms with Crippen molar-refractivity contribution in [2.24, 2.45) is 5.73 Å². The smallest absolute Gasteiger partial charge is 0.0239 e. The highest BCUT2D eigenvalue weighted by molar-refractivity contribution is 4.92. The second-order valence-electron chi connectivity index (χ2n) is 4.46. The molecule has 13 heavy (non-hydrogen) atoms. The zero-order chi connectivity index (χ0) is 9.90. The van der Waals surface area contributed by atoms with E-state index in [0.717, 1.165) is 13.0 Å². The summed E-state index contributed by atoms with van der Waals surface area (Å²) in [5, 5.41) is 0. The van der Waals surface area contributed by atoms with Gasteiger partial charge in [-0.2, -0.15) is 0 Å². The van der Waals surface area contributed by atoms with Crippen molar-refractivity contribution in [3.63, 3.8) is 0 Å². The first-order valence-corrected chi connectivity index (χ1v) is 5.17. The van der Waals surface area contributed by atoms with Crippen LogP contribution in [0.4, 0.5) is 0 Å². The lowest BCUT2D eigenvalue weighted by Gasteiger charge is -2.45. The molecule has 3 heteroatoms. The molecule has 0 atom stereocenters. The van der Waals surface area contributed by atoms with Crippen molar-refractivity contribution in [1.29, 1.82) is 0 Å². The molecule has 1 aliphatic heterocycles. The van der Waals surface area contributed by atoms with Crippen LogP contribution in [0.15, 0.2) is 0 Å². The summed E-state index contributed by atoms with van der Waals surface area (Å²) >= 11 is 0. The molecule has 0 amide bonds. The molecule has 0 aromatic heterocycles. The molecule has 1 saturated heterocycles. The summed E-state index contributed by atoms with van der Waals surface area (Å²) in [6.45, 7) is 3.22. The van der Waals surface area contributed by atoms with Crippen LogP contribution in [0.5, 0.6) is 0 Å². The van der Waals surface area contributed by atoms with E-state index in [1.807, 2.05) is 0 Å². The highest BCUT2D eigenvalue weighted by Crippen LogP contribution is 2.29. The van der Waals surface area contributed by atoms with E-state index in [2.05, 4.69) is 30.9 Å². The third kappa shape index (κ3) is 2.42. The van der Waals surface area contributed by atoms with Gasteiger partial charge in [0.2, 0.25) is 0 Å². The van der Waals surface area contributed by atoms with Crippen LogP contribution >= 0.6 is 0 Å². The molecular weight excluding hydrogens is 162 g/mol. The van der Waals surface area contributed by atoms with Crippen molar-refractivity contribution in [3.8, 4) is 0 Å². The van der Waals surface area contributed by atoms with Gasteiger partial charge in [0.15, 0.2) is 0 Å². The molecule has 1 aliphatic rings. The van der Waals surface area contributed by atoms with Gasteiger partial charge in [-0.25, -0.2) is 0 Å². The van der Waals surface area contributed by atoms with Crippen molar-refractivity contribution in [2.75, 3.05) is 40.8 Å². The molecular formula is C10H23N3. The van der Waals surface area contributed by atoms with E-state index in [0.29, 0.717) is 5.54 Å². The van der Waals surface area contributed by atoms with Crippen molar-refractivity contribution < 1.29 is 0 Å². The molecule has 0 radical (unpaired) electrons. The molecule has 1 fully saturated rings. The summed E-state index contributed by atoms with van der Waals surface area (Å²) in [6, 6.07) is 0. The van der Waals surface area contributed by atoms with Gasteiger partial charge in [-0.3, -0.25) is 0 Å². The summed E-state index contributed by atoms with van der Waals surface area (Å²) < 4.78 is 0. The van der Waals surface area contributed by atoms with Gasteiger partial charge in [-0.1, -0.05) is 0 Å². The van der Waals surface area contributed by atoms with Gasteiger partial charge in [0, 0.05) is 5.54 Å². The van der Waals surface area contributed by atoms with Crippen molar-refractivity contribution in [1.82, 2.24) is 9.80 Å². The third-order valence-electron chi connectivity index (χ3n) is 3.48. The maximum atomic E-state index is 5.68. The Morgan fingerprint density at radius 3 is 2.23 bits per heavy atom. The predicted molar refractivity (Wildman–Crippen MR) is 56.8 cm³/mol. The number of hydrogen-bond donors (Lipinski definition) is 1. The Bertz CT molecular complexity index is 148. The molecule has 2 N–H and O–H groups in total. The number of hydrogen-bond acceptors (Lipinski definition) is 3. The normalized spacial score (nSPS) is 23.8. The number of nitrogens with zero attached hydrogens (tertiary/aromatic N) is 2. The van der Waals surface area contributed by atoms with Crippen molar-refractivity contribution in [3.05, 3.63) is 0 Å². The zero-order valence-corrected chi connectivity index (χ0v) is 9.21. The molecule has 3 nitrogen and oxygen atoms in total. The van der Waals surface area contributed by atoms with Crippen molar-refractivity contribution >= 4 is 0 Å². The van der Waals surface area contributed by atoms with Crippen LogP contribution in [-0.4, -0.2) is 56.1 Å².